The minimum Gasteiger partial charge on any atom is -0.465 e. The predicted molar refractivity (Wildman–Crippen MR) is 73.1 cm³/mol. The minimum atomic E-state index is -1.16. The van der Waals surface area contributed by atoms with Gasteiger partial charge in [-0.25, -0.2) is 0 Å². The Hall–Kier alpha value is -2.71. The van der Waals surface area contributed by atoms with E-state index < -0.39 is 28.5 Å². The highest BCUT2D eigenvalue weighted by Gasteiger charge is 2.30. The van der Waals surface area contributed by atoms with Crippen molar-refractivity contribution >= 4 is 23.5 Å². The number of carbonyl (C=O) groups excluding carboxylic acids is 3. The van der Waals surface area contributed by atoms with Crippen LogP contribution in [0.1, 0.15) is 37.0 Å². The minimum absolute atomic E-state index is 0.00396. The molecule has 0 aliphatic heterocycles. The Kier molecular flexibility index (Phi) is 6.24. The molecule has 0 bridgehead atoms. The maximum atomic E-state index is 12.3. The van der Waals surface area contributed by atoms with Gasteiger partial charge in [0.25, 0.3) is 0 Å². The van der Waals surface area contributed by atoms with Crippen LogP contribution in [0.5, 0.6) is 0 Å². The van der Waals surface area contributed by atoms with Crippen molar-refractivity contribution < 1.29 is 24.0 Å². The fraction of sp³-hybridized carbons (Fsp3) is 0.462. The quantitative estimate of drug-likeness (QED) is 0.229. The number of ketones is 2. The summed E-state index contributed by atoms with van der Waals surface area (Å²) in [6, 6.07) is 0. The molecule has 1 aromatic rings. The SMILES string of the molecule is CCOC(=O)C(CCC(C)=O)C(=O)c1cnc([N+](=O)[O-])nc1. The van der Waals surface area contributed by atoms with E-state index in [2.05, 4.69) is 9.97 Å². The normalized spacial score (nSPS) is 11.5. The molecule has 0 saturated carbocycles. The second kappa shape index (κ2) is 7.91. The zero-order valence-electron chi connectivity index (χ0n) is 12.1. The first kappa shape index (κ1) is 17.3. The maximum Gasteiger partial charge on any atom is 0.468 e. The third-order valence-electron chi connectivity index (χ3n) is 2.76. The molecule has 1 aromatic heterocycles. The van der Waals surface area contributed by atoms with Gasteiger partial charge in [-0.2, -0.15) is 0 Å². The number of rotatable bonds is 8. The van der Waals surface area contributed by atoms with E-state index >= 15 is 0 Å². The maximum absolute atomic E-state index is 12.3. The molecular formula is C13H15N3O6. The molecule has 118 valence electrons. The van der Waals surface area contributed by atoms with Gasteiger partial charge in [-0.3, -0.25) is 9.59 Å². The average molecular weight is 309 g/mol. The van der Waals surface area contributed by atoms with Crippen LogP contribution in [0.4, 0.5) is 5.95 Å². The molecular weight excluding hydrogens is 294 g/mol. The second-order valence-corrected chi connectivity index (χ2v) is 4.44. The number of nitrogens with zero attached hydrogens (tertiary/aromatic N) is 3. The van der Waals surface area contributed by atoms with E-state index in [0.29, 0.717) is 0 Å². The van der Waals surface area contributed by atoms with E-state index in [0.717, 1.165) is 12.4 Å². The van der Waals surface area contributed by atoms with Gasteiger partial charge in [0.05, 0.1) is 12.2 Å². The highest BCUT2D eigenvalue weighted by atomic mass is 16.6. The first-order valence-electron chi connectivity index (χ1n) is 6.53. The van der Waals surface area contributed by atoms with Crippen molar-refractivity contribution in [1.82, 2.24) is 9.97 Å². The standard InChI is InChI=1S/C13H15N3O6/c1-3-22-12(19)10(5-4-8(2)17)11(18)9-6-14-13(15-7-9)16(20)21/h6-7,10H,3-5H2,1-2H3. The van der Waals surface area contributed by atoms with Crippen molar-refractivity contribution in [2.24, 2.45) is 5.92 Å². The van der Waals surface area contributed by atoms with Crippen molar-refractivity contribution in [2.75, 3.05) is 6.61 Å². The molecule has 0 aliphatic carbocycles. The van der Waals surface area contributed by atoms with Crippen molar-refractivity contribution in [1.29, 1.82) is 0 Å². The first-order valence-corrected chi connectivity index (χ1v) is 6.53. The molecule has 9 heteroatoms. The Morgan fingerprint density at radius 3 is 2.36 bits per heavy atom. The number of esters is 1. The molecule has 0 aromatic carbocycles. The van der Waals surface area contributed by atoms with E-state index in [1.54, 1.807) is 6.92 Å². The van der Waals surface area contributed by atoms with E-state index in [9.17, 15) is 24.5 Å². The van der Waals surface area contributed by atoms with Crippen LogP contribution in [0.15, 0.2) is 12.4 Å². The van der Waals surface area contributed by atoms with Gasteiger partial charge in [0.15, 0.2) is 5.78 Å². The summed E-state index contributed by atoms with van der Waals surface area (Å²) in [5, 5.41) is 10.5. The van der Waals surface area contributed by atoms with Gasteiger partial charge in [-0.1, -0.05) is 9.97 Å². The predicted octanol–water partition coefficient (Wildman–Crippen LogP) is 1.12. The molecule has 0 fully saturated rings. The third kappa shape index (κ3) is 4.69. The van der Waals surface area contributed by atoms with Crippen LogP contribution in [0.2, 0.25) is 0 Å². The molecule has 1 atom stereocenters. The molecule has 9 nitrogen and oxygen atoms in total. The molecule has 0 spiro atoms. The number of Topliss-reactive ketones (excluding diaryl/α,β-unsaturated/α-hetero) is 2. The summed E-state index contributed by atoms with van der Waals surface area (Å²) in [6.07, 6.45) is 2.01. The van der Waals surface area contributed by atoms with E-state index in [1.807, 2.05) is 0 Å². The van der Waals surface area contributed by atoms with Crippen LogP contribution in [0.25, 0.3) is 0 Å². The summed E-state index contributed by atoms with van der Waals surface area (Å²) in [5.74, 6) is -3.34. The molecule has 0 aliphatic rings. The Labute approximate surface area is 125 Å². The molecule has 0 saturated heterocycles. The highest BCUT2D eigenvalue weighted by Crippen LogP contribution is 2.17. The Morgan fingerprint density at radius 2 is 1.91 bits per heavy atom. The van der Waals surface area contributed by atoms with Crippen LogP contribution < -0.4 is 0 Å². The second-order valence-electron chi connectivity index (χ2n) is 4.44. The molecule has 1 heterocycles. The number of hydrogen-bond donors (Lipinski definition) is 0. The lowest BCUT2D eigenvalue weighted by Gasteiger charge is -2.12. The van der Waals surface area contributed by atoms with Gasteiger partial charge in [0, 0.05) is 6.42 Å². The number of hydrogen-bond acceptors (Lipinski definition) is 8. The molecule has 1 rings (SSSR count). The van der Waals surface area contributed by atoms with E-state index in [1.165, 1.54) is 6.92 Å². The lowest BCUT2D eigenvalue weighted by atomic mass is 9.94. The van der Waals surface area contributed by atoms with E-state index in [-0.39, 0.29) is 30.8 Å². The fourth-order valence-corrected chi connectivity index (χ4v) is 1.69. The van der Waals surface area contributed by atoms with E-state index in [4.69, 9.17) is 4.74 Å². The van der Waals surface area contributed by atoms with Crippen LogP contribution in [-0.4, -0.2) is 39.0 Å². The number of nitro groups is 1. The number of carbonyl (C=O) groups is 3. The monoisotopic (exact) mass is 309 g/mol. The zero-order chi connectivity index (χ0) is 16.7. The highest BCUT2D eigenvalue weighted by molar-refractivity contribution is 6.08. The lowest BCUT2D eigenvalue weighted by Crippen LogP contribution is -2.27. The van der Waals surface area contributed by atoms with Crippen LogP contribution in [0.3, 0.4) is 0 Å². The van der Waals surface area contributed by atoms with Gasteiger partial charge in [-0.15, -0.1) is 0 Å². The Bertz CT molecular complexity index is 584. The summed E-state index contributed by atoms with van der Waals surface area (Å²) in [6.45, 7) is 3.04. The van der Waals surface area contributed by atoms with Gasteiger partial charge in [0.1, 0.15) is 24.1 Å². The third-order valence-corrected chi connectivity index (χ3v) is 2.76. The van der Waals surface area contributed by atoms with Gasteiger partial charge in [0.2, 0.25) is 0 Å². The van der Waals surface area contributed by atoms with Crippen molar-refractivity contribution in [2.45, 2.75) is 26.7 Å². The van der Waals surface area contributed by atoms with Crippen molar-refractivity contribution in [3.05, 3.63) is 28.1 Å². The summed E-state index contributed by atoms with van der Waals surface area (Å²) in [7, 11) is 0. The molecule has 0 radical (unpaired) electrons. The zero-order valence-corrected chi connectivity index (χ0v) is 12.1. The lowest BCUT2D eigenvalue weighted by molar-refractivity contribution is -0.394. The summed E-state index contributed by atoms with van der Waals surface area (Å²) in [4.78, 5) is 51.7. The number of aromatic nitrogens is 2. The molecule has 22 heavy (non-hydrogen) atoms. The largest absolute Gasteiger partial charge is 0.468 e. The molecule has 1 unspecified atom stereocenters. The Balaban J connectivity index is 2.96. The first-order chi connectivity index (χ1) is 10.4. The summed E-state index contributed by atoms with van der Waals surface area (Å²) >= 11 is 0. The molecule has 0 amide bonds. The van der Waals surface area contributed by atoms with Crippen LogP contribution >= 0.6 is 0 Å². The van der Waals surface area contributed by atoms with Gasteiger partial charge >= 0.3 is 11.9 Å². The number of ether oxygens (including phenoxy) is 1. The van der Waals surface area contributed by atoms with Crippen LogP contribution in [-0.2, 0) is 14.3 Å². The smallest absolute Gasteiger partial charge is 0.465 e. The van der Waals surface area contributed by atoms with Crippen molar-refractivity contribution in [3.63, 3.8) is 0 Å². The van der Waals surface area contributed by atoms with Gasteiger partial charge < -0.3 is 19.6 Å². The average Bonchev–Trinajstić information content (AvgIpc) is 2.47. The summed E-state index contributed by atoms with van der Waals surface area (Å²) in [5.41, 5.74) is -0.0489. The summed E-state index contributed by atoms with van der Waals surface area (Å²) < 4.78 is 4.82. The van der Waals surface area contributed by atoms with Gasteiger partial charge in [-0.05, 0) is 25.2 Å². The fourth-order valence-electron chi connectivity index (χ4n) is 1.69. The topological polar surface area (TPSA) is 129 Å². The van der Waals surface area contributed by atoms with Crippen LogP contribution in [0, 0.1) is 16.0 Å². The van der Waals surface area contributed by atoms with Crippen molar-refractivity contribution in [3.8, 4) is 0 Å². The Morgan fingerprint density at radius 1 is 1.32 bits per heavy atom. The molecule has 0 N–H and O–H groups in total.